The number of aryl methyl sites for hydroxylation is 2. The van der Waals surface area contributed by atoms with E-state index in [9.17, 15) is 14.4 Å². The van der Waals surface area contributed by atoms with Gasteiger partial charge in [-0.05, 0) is 65.3 Å². The molecule has 1 aromatic heterocycles. The van der Waals surface area contributed by atoms with E-state index in [0.29, 0.717) is 16.8 Å². The Labute approximate surface area is 176 Å². The molecule has 0 fully saturated rings. The van der Waals surface area contributed by atoms with E-state index in [4.69, 9.17) is 4.74 Å². The molecule has 7 nitrogen and oxygen atoms in total. The number of hydrogen-bond acceptors (Lipinski definition) is 4. The molecular formula is C23H27N3O4. The van der Waals surface area contributed by atoms with Gasteiger partial charge in [-0.1, -0.05) is 18.2 Å². The standard InChI is InChI=1S/C23H27N3O4/c1-13-11-14(2)24-18(13)12-17-16-9-7-8-10-19(16)26(21(17)28)20(27)15(3)25-22(29)30-23(4,5)6/h7-12,15,24H,1-6H3,(H,25,29)/b17-12-. The van der Waals surface area contributed by atoms with Crippen molar-refractivity contribution in [2.75, 3.05) is 4.90 Å². The summed E-state index contributed by atoms with van der Waals surface area (Å²) in [6.07, 6.45) is 1.06. The van der Waals surface area contributed by atoms with Crippen LogP contribution in [0.25, 0.3) is 11.6 Å². The molecule has 3 amide bonds. The summed E-state index contributed by atoms with van der Waals surface area (Å²) in [5.41, 5.74) is 3.72. The van der Waals surface area contributed by atoms with Crippen molar-refractivity contribution in [3.8, 4) is 0 Å². The summed E-state index contributed by atoms with van der Waals surface area (Å²) < 4.78 is 5.21. The number of para-hydroxylation sites is 1. The highest BCUT2D eigenvalue weighted by Gasteiger charge is 2.39. The number of benzene rings is 1. The molecule has 1 aromatic carbocycles. The highest BCUT2D eigenvalue weighted by molar-refractivity contribution is 6.42. The van der Waals surface area contributed by atoms with E-state index in [-0.39, 0.29) is 0 Å². The largest absolute Gasteiger partial charge is 0.444 e. The van der Waals surface area contributed by atoms with Gasteiger partial charge < -0.3 is 15.0 Å². The number of amides is 3. The Kier molecular flexibility index (Phi) is 5.57. The molecule has 0 radical (unpaired) electrons. The van der Waals surface area contributed by atoms with Crippen LogP contribution in [0.1, 0.15) is 50.2 Å². The monoisotopic (exact) mass is 409 g/mol. The second-order valence-electron chi connectivity index (χ2n) is 8.47. The molecule has 2 N–H and O–H groups in total. The predicted octanol–water partition coefficient (Wildman–Crippen LogP) is 3.96. The van der Waals surface area contributed by atoms with Crippen LogP contribution in [-0.2, 0) is 14.3 Å². The number of aromatic amines is 1. The number of imide groups is 1. The van der Waals surface area contributed by atoms with Gasteiger partial charge in [-0.15, -0.1) is 0 Å². The summed E-state index contributed by atoms with van der Waals surface area (Å²) >= 11 is 0. The van der Waals surface area contributed by atoms with Crippen LogP contribution in [0.3, 0.4) is 0 Å². The van der Waals surface area contributed by atoms with Gasteiger partial charge in [0.05, 0.1) is 11.3 Å². The lowest BCUT2D eigenvalue weighted by Gasteiger charge is -2.23. The molecule has 2 heterocycles. The molecule has 1 unspecified atom stereocenters. The third-order valence-electron chi connectivity index (χ3n) is 4.67. The maximum Gasteiger partial charge on any atom is 0.408 e. The van der Waals surface area contributed by atoms with Crippen LogP contribution in [0.15, 0.2) is 30.3 Å². The topological polar surface area (TPSA) is 91.5 Å². The number of alkyl carbamates (subject to hydrolysis) is 1. The van der Waals surface area contributed by atoms with Crippen molar-refractivity contribution in [3.63, 3.8) is 0 Å². The van der Waals surface area contributed by atoms with Crippen molar-refractivity contribution < 1.29 is 19.1 Å². The number of H-pyrrole nitrogens is 1. The maximum absolute atomic E-state index is 13.2. The van der Waals surface area contributed by atoms with Crippen molar-refractivity contribution in [2.45, 2.75) is 53.2 Å². The fourth-order valence-electron chi connectivity index (χ4n) is 3.38. The molecule has 1 aliphatic rings. The first-order valence-corrected chi connectivity index (χ1v) is 9.83. The van der Waals surface area contributed by atoms with E-state index in [0.717, 1.165) is 21.9 Å². The zero-order valence-electron chi connectivity index (χ0n) is 18.1. The van der Waals surface area contributed by atoms with Crippen LogP contribution in [0.4, 0.5) is 10.5 Å². The second-order valence-corrected chi connectivity index (χ2v) is 8.47. The first-order valence-electron chi connectivity index (χ1n) is 9.83. The number of carbonyl (C=O) groups excluding carboxylic acids is 3. The Morgan fingerprint density at radius 3 is 2.47 bits per heavy atom. The summed E-state index contributed by atoms with van der Waals surface area (Å²) in [6, 6.07) is 8.18. The minimum atomic E-state index is -0.939. The molecule has 2 aromatic rings. The average Bonchev–Trinajstić information content (AvgIpc) is 3.09. The van der Waals surface area contributed by atoms with Crippen molar-refractivity contribution in [1.82, 2.24) is 10.3 Å². The number of rotatable bonds is 3. The molecule has 0 spiro atoms. The van der Waals surface area contributed by atoms with Gasteiger partial charge in [0.25, 0.3) is 11.8 Å². The second kappa shape index (κ2) is 7.82. The number of anilines is 1. The first kappa shape index (κ1) is 21.4. The Bertz CT molecular complexity index is 1040. The zero-order valence-corrected chi connectivity index (χ0v) is 18.1. The van der Waals surface area contributed by atoms with Gasteiger partial charge in [-0.2, -0.15) is 0 Å². The van der Waals surface area contributed by atoms with Gasteiger partial charge in [0.1, 0.15) is 11.6 Å². The number of carbonyl (C=O) groups is 3. The van der Waals surface area contributed by atoms with Crippen LogP contribution < -0.4 is 10.2 Å². The normalized spacial score (nSPS) is 15.9. The molecule has 0 saturated heterocycles. The summed E-state index contributed by atoms with van der Waals surface area (Å²) in [7, 11) is 0. The lowest BCUT2D eigenvalue weighted by atomic mass is 10.1. The smallest absolute Gasteiger partial charge is 0.408 e. The van der Waals surface area contributed by atoms with E-state index < -0.39 is 29.6 Å². The Balaban J connectivity index is 1.91. The molecule has 1 atom stereocenters. The zero-order chi connectivity index (χ0) is 22.2. The molecule has 0 saturated carbocycles. The fraction of sp³-hybridized carbons (Fsp3) is 0.348. The minimum absolute atomic E-state index is 0.424. The van der Waals surface area contributed by atoms with Crippen molar-refractivity contribution >= 4 is 35.2 Å². The summed E-state index contributed by atoms with van der Waals surface area (Å²) in [5.74, 6) is -0.952. The Hall–Kier alpha value is -3.35. The average molecular weight is 409 g/mol. The fourth-order valence-corrected chi connectivity index (χ4v) is 3.38. The molecule has 0 aliphatic carbocycles. The van der Waals surface area contributed by atoms with Crippen LogP contribution in [0.2, 0.25) is 0 Å². The third kappa shape index (κ3) is 4.30. The van der Waals surface area contributed by atoms with Gasteiger partial charge in [-0.3, -0.25) is 9.59 Å². The number of fused-ring (bicyclic) bond motifs is 1. The van der Waals surface area contributed by atoms with Gasteiger partial charge in [-0.25, -0.2) is 9.69 Å². The Morgan fingerprint density at radius 2 is 1.87 bits per heavy atom. The first-order chi connectivity index (χ1) is 14.0. The van der Waals surface area contributed by atoms with Crippen LogP contribution in [0, 0.1) is 13.8 Å². The van der Waals surface area contributed by atoms with E-state index in [2.05, 4.69) is 10.3 Å². The van der Waals surface area contributed by atoms with E-state index in [1.165, 1.54) is 6.92 Å². The van der Waals surface area contributed by atoms with Gasteiger partial charge in [0.15, 0.2) is 0 Å². The molecule has 0 bridgehead atoms. The lowest BCUT2D eigenvalue weighted by Crippen LogP contribution is -2.49. The van der Waals surface area contributed by atoms with Crippen LogP contribution in [-0.4, -0.2) is 34.5 Å². The Morgan fingerprint density at radius 1 is 1.20 bits per heavy atom. The number of nitrogens with one attached hydrogen (secondary N) is 2. The van der Waals surface area contributed by atoms with Crippen molar-refractivity contribution in [3.05, 3.63) is 52.8 Å². The van der Waals surface area contributed by atoms with Crippen molar-refractivity contribution in [1.29, 1.82) is 0 Å². The van der Waals surface area contributed by atoms with Gasteiger partial charge in [0, 0.05) is 17.0 Å². The summed E-state index contributed by atoms with van der Waals surface area (Å²) in [4.78, 5) is 42.7. The highest BCUT2D eigenvalue weighted by atomic mass is 16.6. The van der Waals surface area contributed by atoms with E-state index in [1.807, 2.05) is 32.0 Å². The maximum atomic E-state index is 13.2. The summed E-state index contributed by atoms with van der Waals surface area (Å²) in [6.45, 7) is 10.6. The number of nitrogens with zero attached hydrogens (tertiary/aromatic N) is 1. The third-order valence-corrected chi connectivity index (χ3v) is 4.67. The van der Waals surface area contributed by atoms with Gasteiger partial charge >= 0.3 is 6.09 Å². The van der Waals surface area contributed by atoms with Crippen molar-refractivity contribution in [2.24, 2.45) is 0 Å². The molecule has 1 aliphatic heterocycles. The van der Waals surface area contributed by atoms with E-state index >= 15 is 0 Å². The molecule has 30 heavy (non-hydrogen) atoms. The lowest BCUT2D eigenvalue weighted by molar-refractivity contribution is -0.124. The number of hydrogen-bond donors (Lipinski definition) is 2. The van der Waals surface area contributed by atoms with Gasteiger partial charge in [0.2, 0.25) is 0 Å². The molecule has 7 heteroatoms. The quantitative estimate of drug-likeness (QED) is 0.751. The number of aromatic nitrogens is 1. The minimum Gasteiger partial charge on any atom is -0.444 e. The van der Waals surface area contributed by atoms with Crippen LogP contribution >= 0.6 is 0 Å². The molecule has 3 rings (SSSR count). The molecule has 158 valence electrons. The predicted molar refractivity (Wildman–Crippen MR) is 116 cm³/mol. The summed E-state index contributed by atoms with van der Waals surface area (Å²) in [5, 5.41) is 2.51. The SMILES string of the molecule is Cc1cc(C)c(/C=C2\C(=O)N(C(=O)C(C)NC(=O)OC(C)(C)C)c3ccccc32)[nH]1. The van der Waals surface area contributed by atoms with Crippen LogP contribution in [0.5, 0.6) is 0 Å². The highest BCUT2D eigenvalue weighted by Crippen LogP contribution is 2.38. The van der Waals surface area contributed by atoms with E-state index in [1.54, 1.807) is 39.0 Å². The molecular weight excluding hydrogens is 382 g/mol. The number of ether oxygens (including phenoxy) is 1.